The Morgan fingerprint density at radius 2 is 1.75 bits per heavy atom. The number of nitrogens with zero attached hydrogens (tertiary/aromatic N) is 2. The smallest absolute Gasteiger partial charge is 0.0652 e. The van der Waals surface area contributed by atoms with E-state index in [1.54, 1.807) is 0 Å². The summed E-state index contributed by atoms with van der Waals surface area (Å²) in [5, 5.41) is 4.45. The monoisotopic (exact) mass is 166 g/mol. The van der Waals surface area contributed by atoms with Gasteiger partial charge in [0.2, 0.25) is 0 Å². The highest BCUT2D eigenvalue weighted by atomic mass is 15.3. The molecule has 1 heterocycles. The van der Waals surface area contributed by atoms with Gasteiger partial charge in [-0.3, -0.25) is 4.68 Å². The molecule has 0 bridgehead atoms. The third-order valence-electron chi connectivity index (χ3n) is 2.12. The van der Waals surface area contributed by atoms with Gasteiger partial charge in [0.05, 0.1) is 5.69 Å². The Labute approximate surface area is 74.6 Å². The first-order chi connectivity index (χ1) is 5.52. The van der Waals surface area contributed by atoms with E-state index in [1.807, 2.05) is 11.7 Å². The molecule has 68 valence electrons. The molecule has 2 nitrogen and oxygen atoms in total. The summed E-state index contributed by atoms with van der Waals surface area (Å²) in [6, 6.07) is 2.20. The molecular formula is C10H18N2. The summed E-state index contributed by atoms with van der Waals surface area (Å²) in [6.07, 6.45) is 0. The van der Waals surface area contributed by atoms with Gasteiger partial charge >= 0.3 is 0 Å². The maximum absolute atomic E-state index is 4.45. The van der Waals surface area contributed by atoms with Gasteiger partial charge < -0.3 is 0 Å². The van der Waals surface area contributed by atoms with Crippen LogP contribution in [0.5, 0.6) is 0 Å². The first kappa shape index (κ1) is 9.30. The first-order valence-electron chi connectivity index (χ1n) is 4.56. The number of aryl methyl sites for hydroxylation is 1. The van der Waals surface area contributed by atoms with Gasteiger partial charge in [-0.2, -0.15) is 5.10 Å². The maximum atomic E-state index is 4.45. The van der Waals surface area contributed by atoms with Crippen molar-refractivity contribution in [2.24, 2.45) is 7.05 Å². The molecular weight excluding hydrogens is 148 g/mol. The van der Waals surface area contributed by atoms with Crippen molar-refractivity contribution in [2.45, 2.75) is 39.5 Å². The second-order valence-corrected chi connectivity index (χ2v) is 3.93. The highest BCUT2D eigenvalue weighted by Crippen LogP contribution is 2.19. The molecule has 0 N–H and O–H groups in total. The van der Waals surface area contributed by atoms with Crippen LogP contribution in [0.25, 0.3) is 0 Å². The average molecular weight is 166 g/mol. The Hall–Kier alpha value is -0.790. The average Bonchev–Trinajstić information content (AvgIpc) is 2.30. The van der Waals surface area contributed by atoms with Gasteiger partial charge in [0.25, 0.3) is 0 Å². The van der Waals surface area contributed by atoms with Crippen LogP contribution < -0.4 is 0 Å². The Bertz CT molecular complexity index is 259. The van der Waals surface area contributed by atoms with Crippen LogP contribution in [0.15, 0.2) is 6.07 Å². The fourth-order valence-corrected chi connectivity index (χ4v) is 1.33. The van der Waals surface area contributed by atoms with Crippen molar-refractivity contribution < 1.29 is 0 Å². The van der Waals surface area contributed by atoms with E-state index in [0.29, 0.717) is 11.8 Å². The van der Waals surface area contributed by atoms with Crippen molar-refractivity contribution in [1.29, 1.82) is 0 Å². The van der Waals surface area contributed by atoms with E-state index in [4.69, 9.17) is 0 Å². The van der Waals surface area contributed by atoms with E-state index in [2.05, 4.69) is 38.9 Å². The van der Waals surface area contributed by atoms with Crippen molar-refractivity contribution in [2.75, 3.05) is 0 Å². The lowest BCUT2D eigenvalue weighted by Crippen LogP contribution is -1.99. The third kappa shape index (κ3) is 1.68. The van der Waals surface area contributed by atoms with E-state index in [1.165, 1.54) is 11.4 Å². The van der Waals surface area contributed by atoms with Crippen molar-refractivity contribution in [3.8, 4) is 0 Å². The second kappa shape index (κ2) is 3.30. The van der Waals surface area contributed by atoms with Crippen LogP contribution in [0.4, 0.5) is 0 Å². The zero-order valence-electron chi connectivity index (χ0n) is 8.63. The molecule has 0 atom stereocenters. The van der Waals surface area contributed by atoms with Crippen molar-refractivity contribution >= 4 is 0 Å². The summed E-state index contributed by atoms with van der Waals surface area (Å²) in [6.45, 7) is 8.74. The second-order valence-electron chi connectivity index (χ2n) is 3.93. The SMILES string of the molecule is CC(C)c1cc(C(C)C)n(C)n1. The minimum absolute atomic E-state index is 0.531. The predicted octanol–water partition coefficient (Wildman–Crippen LogP) is 2.67. The fraction of sp³-hybridized carbons (Fsp3) is 0.700. The summed E-state index contributed by atoms with van der Waals surface area (Å²) in [4.78, 5) is 0. The van der Waals surface area contributed by atoms with Gasteiger partial charge in [0.1, 0.15) is 0 Å². The Morgan fingerprint density at radius 1 is 1.17 bits per heavy atom. The molecule has 0 fully saturated rings. The molecule has 0 spiro atoms. The molecule has 0 radical (unpaired) electrons. The highest BCUT2D eigenvalue weighted by Gasteiger charge is 2.09. The number of aromatic nitrogens is 2. The summed E-state index contributed by atoms with van der Waals surface area (Å²) in [7, 11) is 2.02. The van der Waals surface area contributed by atoms with Crippen LogP contribution >= 0.6 is 0 Å². The topological polar surface area (TPSA) is 17.8 Å². The normalized spacial score (nSPS) is 11.6. The summed E-state index contributed by atoms with van der Waals surface area (Å²) in [5.74, 6) is 1.10. The van der Waals surface area contributed by atoms with Gasteiger partial charge in [-0.25, -0.2) is 0 Å². The molecule has 1 rings (SSSR count). The van der Waals surface area contributed by atoms with Crippen LogP contribution in [0, 0.1) is 0 Å². The minimum atomic E-state index is 0.531. The van der Waals surface area contributed by atoms with Gasteiger partial charge in [0.15, 0.2) is 0 Å². The third-order valence-corrected chi connectivity index (χ3v) is 2.12. The Balaban J connectivity index is 3.00. The summed E-state index contributed by atoms with van der Waals surface area (Å²) < 4.78 is 1.99. The zero-order valence-corrected chi connectivity index (χ0v) is 8.63. The molecule has 1 aromatic heterocycles. The van der Waals surface area contributed by atoms with Crippen LogP contribution in [0.1, 0.15) is 50.9 Å². The van der Waals surface area contributed by atoms with Gasteiger partial charge in [-0.1, -0.05) is 27.7 Å². The zero-order chi connectivity index (χ0) is 9.30. The molecule has 2 heteroatoms. The molecule has 0 saturated carbocycles. The van der Waals surface area contributed by atoms with Crippen molar-refractivity contribution in [1.82, 2.24) is 9.78 Å². The molecule has 0 aliphatic carbocycles. The van der Waals surface area contributed by atoms with Crippen molar-refractivity contribution in [3.63, 3.8) is 0 Å². The lowest BCUT2D eigenvalue weighted by molar-refractivity contribution is 0.653. The number of hydrogen-bond donors (Lipinski definition) is 0. The Morgan fingerprint density at radius 3 is 2.00 bits per heavy atom. The molecule has 0 saturated heterocycles. The van der Waals surface area contributed by atoms with E-state index >= 15 is 0 Å². The summed E-state index contributed by atoms with van der Waals surface area (Å²) in [5.41, 5.74) is 2.51. The van der Waals surface area contributed by atoms with Gasteiger partial charge in [0, 0.05) is 12.7 Å². The van der Waals surface area contributed by atoms with Crippen molar-refractivity contribution in [3.05, 3.63) is 17.5 Å². The minimum Gasteiger partial charge on any atom is -0.272 e. The van der Waals surface area contributed by atoms with E-state index in [-0.39, 0.29) is 0 Å². The lowest BCUT2D eigenvalue weighted by Gasteiger charge is -2.02. The van der Waals surface area contributed by atoms with E-state index in [0.717, 1.165) is 0 Å². The molecule has 0 unspecified atom stereocenters. The van der Waals surface area contributed by atoms with E-state index < -0.39 is 0 Å². The largest absolute Gasteiger partial charge is 0.272 e. The highest BCUT2D eigenvalue weighted by molar-refractivity contribution is 5.15. The summed E-state index contributed by atoms with van der Waals surface area (Å²) >= 11 is 0. The number of hydrogen-bond acceptors (Lipinski definition) is 1. The standard InChI is InChI=1S/C10H18N2/c1-7(2)9-6-10(8(3)4)12(5)11-9/h6-8H,1-5H3. The lowest BCUT2D eigenvalue weighted by atomic mass is 10.1. The fourth-order valence-electron chi connectivity index (χ4n) is 1.33. The first-order valence-corrected chi connectivity index (χ1v) is 4.56. The quantitative estimate of drug-likeness (QED) is 0.660. The Kier molecular flexibility index (Phi) is 2.55. The molecule has 0 aromatic carbocycles. The van der Waals surface area contributed by atoms with Crippen LogP contribution in [0.3, 0.4) is 0 Å². The molecule has 0 aliphatic heterocycles. The van der Waals surface area contributed by atoms with Crippen LogP contribution in [0.2, 0.25) is 0 Å². The maximum Gasteiger partial charge on any atom is 0.0652 e. The van der Waals surface area contributed by atoms with Crippen LogP contribution in [-0.2, 0) is 7.05 Å². The molecule has 12 heavy (non-hydrogen) atoms. The van der Waals surface area contributed by atoms with Gasteiger partial charge in [-0.15, -0.1) is 0 Å². The predicted molar refractivity (Wildman–Crippen MR) is 51.4 cm³/mol. The number of rotatable bonds is 2. The molecule has 1 aromatic rings. The van der Waals surface area contributed by atoms with E-state index in [9.17, 15) is 0 Å². The van der Waals surface area contributed by atoms with Gasteiger partial charge in [-0.05, 0) is 17.9 Å². The van der Waals surface area contributed by atoms with Crippen LogP contribution in [-0.4, -0.2) is 9.78 Å². The molecule has 0 amide bonds. The molecule has 0 aliphatic rings.